The van der Waals surface area contributed by atoms with E-state index in [1.54, 1.807) is 0 Å². The molecular formula is C16H26N2S. The molecule has 2 unspecified atom stereocenters. The number of hydrogen-bond acceptors (Lipinski definition) is 3. The first kappa shape index (κ1) is 14.9. The zero-order chi connectivity index (χ0) is 13.7. The second-order valence-corrected chi connectivity index (χ2v) is 6.70. The van der Waals surface area contributed by atoms with Gasteiger partial charge in [0.25, 0.3) is 0 Å². The summed E-state index contributed by atoms with van der Waals surface area (Å²) >= 11 is 1.94. The van der Waals surface area contributed by atoms with Gasteiger partial charge in [-0.15, -0.1) is 0 Å². The molecule has 1 saturated heterocycles. The Kier molecular flexibility index (Phi) is 5.31. The minimum atomic E-state index is 0.131. The van der Waals surface area contributed by atoms with Gasteiger partial charge in [0.2, 0.25) is 0 Å². The van der Waals surface area contributed by atoms with Gasteiger partial charge in [-0.2, -0.15) is 11.8 Å². The van der Waals surface area contributed by atoms with Crippen molar-refractivity contribution in [1.82, 2.24) is 10.2 Å². The zero-order valence-corrected chi connectivity index (χ0v) is 13.2. The monoisotopic (exact) mass is 278 g/mol. The number of nitrogens with one attached hydrogen (secondary N) is 1. The molecule has 0 aromatic heterocycles. The van der Waals surface area contributed by atoms with Crippen LogP contribution < -0.4 is 5.32 Å². The molecular weight excluding hydrogens is 252 g/mol. The van der Waals surface area contributed by atoms with Crippen LogP contribution in [0.1, 0.15) is 25.8 Å². The number of rotatable bonds is 5. The van der Waals surface area contributed by atoms with E-state index in [9.17, 15) is 0 Å². The van der Waals surface area contributed by atoms with Crippen molar-refractivity contribution in [3.8, 4) is 0 Å². The van der Waals surface area contributed by atoms with Crippen LogP contribution in [0, 0.1) is 0 Å². The molecule has 1 N–H and O–H groups in total. The van der Waals surface area contributed by atoms with Crippen LogP contribution in [0.15, 0.2) is 30.3 Å². The van der Waals surface area contributed by atoms with E-state index < -0.39 is 0 Å². The lowest BCUT2D eigenvalue weighted by Crippen LogP contribution is -2.60. The molecule has 106 valence electrons. The molecule has 0 bridgehead atoms. The van der Waals surface area contributed by atoms with E-state index in [2.05, 4.69) is 60.7 Å². The van der Waals surface area contributed by atoms with E-state index in [1.807, 2.05) is 11.8 Å². The van der Waals surface area contributed by atoms with Crippen molar-refractivity contribution in [3.63, 3.8) is 0 Å². The van der Waals surface area contributed by atoms with Crippen LogP contribution >= 0.6 is 11.8 Å². The van der Waals surface area contributed by atoms with E-state index in [0.717, 1.165) is 13.1 Å². The quantitative estimate of drug-likeness (QED) is 0.834. The SMILES string of the molecule is CSCCCN1CC(C)NCC1(C)c1ccccc1. The molecule has 19 heavy (non-hydrogen) atoms. The van der Waals surface area contributed by atoms with Gasteiger partial charge in [0.1, 0.15) is 0 Å². The van der Waals surface area contributed by atoms with E-state index in [1.165, 1.54) is 24.3 Å². The Bertz CT molecular complexity index is 382. The second kappa shape index (κ2) is 6.78. The van der Waals surface area contributed by atoms with Gasteiger partial charge in [-0.1, -0.05) is 30.3 Å². The highest BCUT2D eigenvalue weighted by atomic mass is 32.2. The van der Waals surface area contributed by atoms with Crippen LogP contribution in [0.4, 0.5) is 0 Å². The van der Waals surface area contributed by atoms with Crippen molar-refractivity contribution in [1.29, 1.82) is 0 Å². The number of thioether (sulfide) groups is 1. The summed E-state index contributed by atoms with van der Waals surface area (Å²) < 4.78 is 0. The third-order valence-corrected chi connectivity index (χ3v) is 4.86. The molecule has 1 aliphatic rings. The topological polar surface area (TPSA) is 15.3 Å². The normalized spacial score (nSPS) is 28.5. The van der Waals surface area contributed by atoms with E-state index in [0.29, 0.717) is 6.04 Å². The van der Waals surface area contributed by atoms with Gasteiger partial charge in [-0.05, 0) is 44.4 Å². The maximum atomic E-state index is 3.64. The zero-order valence-electron chi connectivity index (χ0n) is 12.4. The summed E-state index contributed by atoms with van der Waals surface area (Å²) in [5.74, 6) is 1.25. The summed E-state index contributed by atoms with van der Waals surface area (Å²) in [7, 11) is 0. The molecule has 1 aromatic rings. The largest absolute Gasteiger partial charge is 0.311 e. The number of piperazine rings is 1. The van der Waals surface area contributed by atoms with E-state index in [-0.39, 0.29) is 5.54 Å². The molecule has 0 aliphatic carbocycles. The highest BCUT2D eigenvalue weighted by Gasteiger charge is 2.37. The molecule has 2 nitrogen and oxygen atoms in total. The van der Waals surface area contributed by atoms with Crippen LogP contribution in [0.5, 0.6) is 0 Å². The lowest BCUT2D eigenvalue weighted by atomic mass is 9.87. The predicted molar refractivity (Wildman–Crippen MR) is 85.8 cm³/mol. The summed E-state index contributed by atoms with van der Waals surface area (Å²) in [4.78, 5) is 2.67. The van der Waals surface area contributed by atoms with Gasteiger partial charge in [0.05, 0.1) is 5.54 Å². The summed E-state index contributed by atoms with van der Waals surface area (Å²) in [5, 5.41) is 3.64. The van der Waals surface area contributed by atoms with Crippen LogP contribution in [0.3, 0.4) is 0 Å². The maximum Gasteiger partial charge on any atom is 0.0558 e. The van der Waals surface area contributed by atoms with Crippen LogP contribution in [0.2, 0.25) is 0 Å². The average Bonchev–Trinajstić information content (AvgIpc) is 2.44. The molecule has 0 spiro atoms. The predicted octanol–water partition coefficient (Wildman–Crippen LogP) is 2.95. The molecule has 0 saturated carbocycles. The van der Waals surface area contributed by atoms with Gasteiger partial charge in [0, 0.05) is 19.1 Å². The molecule has 0 radical (unpaired) electrons. The van der Waals surface area contributed by atoms with Gasteiger partial charge in [-0.25, -0.2) is 0 Å². The van der Waals surface area contributed by atoms with Gasteiger partial charge >= 0.3 is 0 Å². The van der Waals surface area contributed by atoms with Crippen molar-refractivity contribution in [2.45, 2.75) is 31.8 Å². The lowest BCUT2D eigenvalue weighted by molar-refractivity contribution is 0.0540. The fourth-order valence-electron chi connectivity index (χ4n) is 2.90. The molecule has 1 fully saturated rings. The Hall–Kier alpha value is -0.510. The molecule has 2 atom stereocenters. The third kappa shape index (κ3) is 3.53. The summed E-state index contributed by atoms with van der Waals surface area (Å²) in [6, 6.07) is 11.5. The smallest absolute Gasteiger partial charge is 0.0558 e. The van der Waals surface area contributed by atoms with Crippen LogP contribution in [-0.4, -0.2) is 42.6 Å². The molecule has 2 rings (SSSR count). The first-order valence-corrected chi connectivity index (χ1v) is 8.59. The van der Waals surface area contributed by atoms with Crippen molar-refractivity contribution in [3.05, 3.63) is 35.9 Å². The Balaban J connectivity index is 2.14. The molecule has 1 aromatic carbocycles. The Morgan fingerprint density at radius 3 is 2.79 bits per heavy atom. The van der Waals surface area contributed by atoms with E-state index >= 15 is 0 Å². The Morgan fingerprint density at radius 1 is 1.37 bits per heavy atom. The van der Waals surface area contributed by atoms with Gasteiger partial charge < -0.3 is 5.32 Å². The van der Waals surface area contributed by atoms with Gasteiger partial charge in [0.15, 0.2) is 0 Å². The number of benzene rings is 1. The highest BCUT2D eigenvalue weighted by Crippen LogP contribution is 2.30. The lowest BCUT2D eigenvalue weighted by Gasteiger charge is -2.48. The second-order valence-electron chi connectivity index (χ2n) is 5.71. The standard InChI is InChI=1S/C16H26N2S/c1-14-12-18(10-7-11-19-3)16(2,13-17-14)15-8-5-4-6-9-15/h4-6,8-9,14,17H,7,10-13H2,1-3H3. The molecule has 3 heteroatoms. The molecule has 0 amide bonds. The van der Waals surface area contributed by atoms with E-state index in [4.69, 9.17) is 0 Å². The maximum absolute atomic E-state index is 3.64. The average molecular weight is 278 g/mol. The number of hydrogen-bond donors (Lipinski definition) is 1. The number of nitrogens with zero attached hydrogens (tertiary/aromatic N) is 1. The van der Waals surface area contributed by atoms with Crippen molar-refractivity contribution >= 4 is 11.8 Å². The fourth-order valence-corrected chi connectivity index (χ4v) is 3.32. The molecule has 1 aliphatic heterocycles. The Morgan fingerprint density at radius 2 is 2.11 bits per heavy atom. The van der Waals surface area contributed by atoms with Gasteiger partial charge in [-0.3, -0.25) is 4.90 Å². The minimum Gasteiger partial charge on any atom is -0.311 e. The van der Waals surface area contributed by atoms with Crippen LogP contribution in [-0.2, 0) is 5.54 Å². The van der Waals surface area contributed by atoms with Crippen molar-refractivity contribution in [2.75, 3.05) is 31.6 Å². The Labute approximate surface area is 122 Å². The van der Waals surface area contributed by atoms with Crippen LogP contribution in [0.25, 0.3) is 0 Å². The first-order valence-electron chi connectivity index (χ1n) is 7.20. The first-order chi connectivity index (χ1) is 9.16. The third-order valence-electron chi connectivity index (χ3n) is 4.16. The fraction of sp³-hybridized carbons (Fsp3) is 0.625. The van der Waals surface area contributed by atoms with Crippen molar-refractivity contribution in [2.24, 2.45) is 0 Å². The summed E-state index contributed by atoms with van der Waals surface area (Å²) in [6.45, 7) is 8.03. The molecule has 1 heterocycles. The highest BCUT2D eigenvalue weighted by molar-refractivity contribution is 7.98. The summed E-state index contributed by atoms with van der Waals surface area (Å²) in [5.41, 5.74) is 1.56. The summed E-state index contributed by atoms with van der Waals surface area (Å²) in [6.07, 6.45) is 3.47. The van der Waals surface area contributed by atoms with Crippen molar-refractivity contribution < 1.29 is 0 Å². The minimum absolute atomic E-state index is 0.131.